The summed E-state index contributed by atoms with van der Waals surface area (Å²) in [5, 5.41) is 15.7. The van der Waals surface area contributed by atoms with Crippen LogP contribution in [0.25, 0.3) is 0 Å². The van der Waals surface area contributed by atoms with Gasteiger partial charge in [0.25, 0.3) is 5.91 Å². The first kappa shape index (κ1) is 19.6. The van der Waals surface area contributed by atoms with Crippen molar-refractivity contribution in [2.45, 2.75) is 44.1 Å². The quantitative estimate of drug-likeness (QED) is 0.657. The first-order valence-electron chi connectivity index (χ1n) is 10.5. The van der Waals surface area contributed by atoms with E-state index in [2.05, 4.69) is 22.8 Å². The molecule has 0 spiro atoms. The van der Waals surface area contributed by atoms with Crippen LogP contribution in [0.1, 0.15) is 53.9 Å². The fourth-order valence-corrected chi connectivity index (χ4v) is 4.33. The van der Waals surface area contributed by atoms with Crippen molar-refractivity contribution in [3.63, 3.8) is 0 Å². The van der Waals surface area contributed by atoms with E-state index in [4.69, 9.17) is 5.11 Å². The maximum absolute atomic E-state index is 12.2. The number of hydrogen-bond acceptors (Lipinski definition) is 3. The summed E-state index contributed by atoms with van der Waals surface area (Å²) in [5.74, 6) is 0.261. The lowest BCUT2D eigenvalue weighted by Crippen LogP contribution is -2.30. The molecule has 3 N–H and O–H groups in total. The van der Waals surface area contributed by atoms with Gasteiger partial charge in [-0.15, -0.1) is 0 Å². The third-order valence-corrected chi connectivity index (χ3v) is 6.29. The van der Waals surface area contributed by atoms with Crippen LogP contribution < -0.4 is 10.6 Å². The first-order valence-corrected chi connectivity index (χ1v) is 10.5. The molecule has 2 aliphatic carbocycles. The molecular formula is C24H28N2O3. The Bertz CT molecular complexity index is 842. The Morgan fingerprint density at radius 3 is 2.28 bits per heavy atom. The van der Waals surface area contributed by atoms with Gasteiger partial charge in [-0.2, -0.15) is 0 Å². The Labute approximate surface area is 171 Å². The molecule has 0 radical (unpaired) electrons. The molecule has 2 unspecified atom stereocenters. The molecule has 5 nitrogen and oxygen atoms in total. The second kappa shape index (κ2) is 8.78. The minimum atomic E-state index is -0.637. The van der Waals surface area contributed by atoms with E-state index in [1.807, 2.05) is 30.3 Å². The highest BCUT2D eigenvalue weighted by atomic mass is 16.4. The van der Waals surface area contributed by atoms with Crippen LogP contribution >= 0.6 is 0 Å². The van der Waals surface area contributed by atoms with Gasteiger partial charge >= 0.3 is 5.97 Å². The lowest BCUT2D eigenvalue weighted by atomic mass is 9.82. The van der Waals surface area contributed by atoms with Crippen LogP contribution in [0.4, 0.5) is 5.69 Å². The summed E-state index contributed by atoms with van der Waals surface area (Å²) in [7, 11) is 0. The molecule has 29 heavy (non-hydrogen) atoms. The van der Waals surface area contributed by atoms with Crippen molar-refractivity contribution in [2.75, 3.05) is 11.9 Å². The Hall–Kier alpha value is -2.66. The lowest BCUT2D eigenvalue weighted by Gasteiger charge is -2.26. The van der Waals surface area contributed by atoms with Gasteiger partial charge in [-0.1, -0.05) is 30.3 Å². The summed E-state index contributed by atoms with van der Waals surface area (Å²) in [4.78, 5) is 23.3. The van der Waals surface area contributed by atoms with E-state index < -0.39 is 5.97 Å². The van der Waals surface area contributed by atoms with Crippen LogP contribution in [0.15, 0.2) is 54.6 Å². The van der Waals surface area contributed by atoms with Gasteiger partial charge in [0, 0.05) is 23.2 Å². The van der Waals surface area contributed by atoms with Crippen molar-refractivity contribution in [2.24, 2.45) is 11.8 Å². The summed E-state index contributed by atoms with van der Waals surface area (Å²) in [6, 6.07) is 17.9. The number of carbonyl (C=O) groups excluding carboxylic acids is 1. The molecule has 0 bridgehead atoms. The second-order valence-electron chi connectivity index (χ2n) is 8.35. The molecule has 0 aliphatic heterocycles. The smallest absolute Gasteiger partial charge is 0.306 e. The predicted octanol–water partition coefficient (Wildman–Crippen LogP) is 4.28. The zero-order valence-corrected chi connectivity index (χ0v) is 16.5. The molecule has 1 amide bonds. The average molecular weight is 392 g/mol. The predicted molar refractivity (Wildman–Crippen MR) is 113 cm³/mol. The van der Waals surface area contributed by atoms with E-state index in [9.17, 15) is 9.59 Å². The molecule has 0 aromatic heterocycles. The second-order valence-corrected chi connectivity index (χ2v) is 8.35. The number of hydrogen-bond donors (Lipinski definition) is 3. The van der Waals surface area contributed by atoms with Crippen molar-refractivity contribution in [1.82, 2.24) is 5.32 Å². The summed E-state index contributed by atoms with van der Waals surface area (Å²) < 4.78 is 0. The van der Waals surface area contributed by atoms with Crippen molar-refractivity contribution in [3.05, 3.63) is 65.7 Å². The maximum Gasteiger partial charge on any atom is 0.306 e. The first-order chi connectivity index (χ1) is 14.1. The van der Waals surface area contributed by atoms with Gasteiger partial charge in [-0.05, 0) is 74.4 Å². The van der Waals surface area contributed by atoms with Gasteiger partial charge < -0.3 is 15.7 Å². The van der Waals surface area contributed by atoms with Crippen LogP contribution in [0.3, 0.4) is 0 Å². The average Bonchev–Trinajstić information content (AvgIpc) is 3.53. The van der Waals surface area contributed by atoms with Gasteiger partial charge in [-0.25, -0.2) is 0 Å². The number of carboxylic acid groups (broad SMARTS) is 1. The van der Waals surface area contributed by atoms with Crippen molar-refractivity contribution in [3.8, 4) is 0 Å². The van der Waals surface area contributed by atoms with Crippen LogP contribution in [-0.4, -0.2) is 29.6 Å². The molecule has 2 aliphatic rings. The fourth-order valence-electron chi connectivity index (χ4n) is 4.33. The molecule has 2 aromatic rings. The highest BCUT2D eigenvalue weighted by Gasteiger charge is 2.38. The van der Waals surface area contributed by atoms with Gasteiger partial charge in [0.15, 0.2) is 0 Å². The summed E-state index contributed by atoms with van der Waals surface area (Å²) in [6.45, 7) is 0.985. The maximum atomic E-state index is 12.2. The molecule has 4 rings (SSSR count). The zero-order chi connectivity index (χ0) is 20.2. The van der Waals surface area contributed by atoms with E-state index in [0.717, 1.165) is 44.3 Å². The van der Waals surface area contributed by atoms with Gasteiger partial charge in [0.2, 0.25) is 0 Å². The van der Waals surface area contributed by atoms with Crippen molar-refractivity contribution < 1.29 is 14.7 Å². The Morgan fingerprint density at radius 1 is 0.931 bits per heavy atom. The van der Waals surface area contributed by atoms with Crippen molar-refractivity contribution in [1.29, 1.82) is 0 Å². The largest absolute Gasteiger partial charge is 0.481 e. The third-order valence-electron chi connectivity index (χ3n) is 6.29. The molecule has 0 heterocycles. The van der Waals surface area contributed by atoms with E-state index in [0.29, 0.717) is 23.4 Å². The van der Waals surface area contributed by atoms with E-state index in [1.165, 1.54) is 5.56 Å². The Morgan fingerprint density at radius 2 is 1.62 bits per heavy atom. The number of aliphatic carboxylic acids is 1. The van der Waals surface area contributed by atoms with Crippen LogP contribution in [0.5, 0.6) is 0 Å². The van der Waals surface area contributed by atoms with E-state index >= 15 is 0 Å². The third kappa shape index (κ3) is 5.04. The van der Waals surface area contributed by atoms with Gasteiger partial charge in [-0.3, -0.25) is 9.59 Å². The molecular weight excluding hydrogens is 364 g/mol. The molecule has 5 heteroatoms. The minimum absolute atomic E-state index is 0.0954. The Balaban J connectivity index is 1.22. The number of benzene rings is 2. The standard InChI is InChI=1S/C24H28N2O3/c27-23(18-4-2-1-3-5-18)26-20-12-10-17(11-13-20)21-14-22(21)25-15-16-6-8-19(9-7-16)24(28)29/h1-5,10-13,16,19,21-22,25H,6-9,14-15H2,(H,26,27)(H,28,29). The van der Waals surface area contributed by atoms with Crippen molar-refractivity contribution >= 4 is 17.6 Å². The Kier molecular flexibility index (Phi) is 5.95. The fraction of sp³-hybridized carbons (Fsp3) is 0.417. The van der Waals surface area contributed by atoms with E-state index in [-0.39, 0.29) is 11.8 Å². The summed E-state index contributed by atoms with van der Waals surface area (Å²) in [5.41, 5.74) is 2.76. The number of anilines is 1. The SMILES string of the molecule is O=C(Nc1ccc(C2CC2NCC2CCC(C(=O)O)CC2)cc1)c1ccccc1. The number of nitrogens with one attached hydrogen (secondary N) is 2. The van der Waals surface area contributed by atoms with Crippen LogP contribution in [-0.2, 0) is 4.79 Å². The zero-order valence-electron chi connectivity index (χ0n) is 16.5. The van der Waals surface area contributed by atoms with Crippen LogP contribution in [0.2, 0.25) is 0 Å². The van der Waals surface area contributed by atoms with Crippen LogP contribution in [0, 0.1) is 11.8 Å². The number of carbonyl (C=O) groups is 2. The van der Waals surface area contributed by atoms with Gasteiger partial charge in [0.1, 0.15) is 0 Å². The molecule has 152 valence electrons. The van der Waals surface area contributed by atoms with Gasteiger partial charge in [0.05, 0.1) is 5.92 Å². The molecule has 2 saturated carbocycles. The minimum Gasteiger partial charge on any atom is -0.481 e. The highest BCUT2D eigenvalue weighted by Crippen LogP contribution is 2.41. The summed E-state index contributed by atoms with van der Waals surface area (Å²) in [6.07, 6.45) is 4.78. The van der Waals surface area contributed by atoms with E-state index in [1.54, 1.807) is 12.1 Å². The number of amides is 1. The number of carboxylic acids is 1. The topological polar surface area (TPSA) is 78.4 Å². The summed E-state index contributed by atoms with van der Waals surface area (Å²) >= 11 is 0. The number of rotatable bonds is 7. The molecule has 0 saturated heterocycles. The molecule has 2 fully saturated rings. The molecule has 2 atom stereocenters. The monoisotopic (exact) mass is 392 g/mol. The highest BCUT2D eigenvalue weighted by molar-refractivity contribution is 6.04. The lowest BCUT2D eigenvalue weighted by molar-refractivity contribution is -0.143. The normalized spacial score (nSPS) is 25.9. The molecule has 2 aromatic carbocycles.